The summed E-state index contributed by atoms with van der Waals surface area (Å²) in [4.78, 5) is 0. The highest BCUT2D eigenvalue weighted by Gasteiger charge is 2.40. The molecule has 0 radical (unpaired) electrons. The Balaban J connectivity index is 1.46. The van der Waals surface area contributed by atoms with E-state index in [4.69, 9.17) is 0 Å². The van der Waals surface area contributed by atoms with E-state index in [-0.39, 0.29) is 0 Å². The van der Waals surface area contributed by atoms with E-state index in [2.05, 4.69) is 22.4 Å². The Morgan fingerprint density at radius 3 is 2.56 bits per heavy atom. The summed E-state index contributed by atoms with van der Waals surface area (Å²) in [5, 5.41) is 10.6. The standard InChI is InChI=1S/C13H21N3/c1-9-12(7-15-16-9)6-14-8-13(10-2-3-10)11-4-5-11/h7,10-11,13-14H,2-6,8H2,1H3,(H,15,16). The Hall–Kier alpha value is -0.830. The molecule has 0 aromatic carbocycles. The molecule has 0 saturated heterocycles. The monoisotopic (exact) mass is 219 g/mol. The molecule has 1 aromatic heterocycles. The van der Waals surface area contributed by atoms with Crippen LogP contribution in [0.25, 0.3) is 0 Å². The smallest absolute Gasteiger partial charge is 0.0535 e. The van der Waals surface area contributed by atoms with E-state index in [0.717, 1.165) is 24.3 Å². The molecular weight excluding hydrogens is 198 g/mol. The van der Waals surface area contributed by atoms with E-state index >= 15 is 0 Å². The number of hydrogen-bond acceptors (Lipinski definition) is 2. The number of aromatic amines is 1. The number of nitrogens with one attached hydrogen (secondary N) is 2. The minimum absolute atomic E-state index is 0.965. The summed E-state index contributed by atoms with van der Waals surface area (Å²) in [5.74, 6) is 3.06. The van der Waals surface area contributed by atoms with Gasteiger partial charge in [-0.15, -0.1) is 0 Å². The number of rotatable bonds is 6. The van der Waals surface area contributed by atoms with E-state index < -0.39 is 0 Å². The Morgan fingerprint density at radius 1 is 1.38 bits per heavy atom. The molecule has 3 heteroatoms. The molecule has 16 heavy (non-hydrogen) atoms. The number of aryl methyl sites for hydroxylation is 1. The van der Waals surface area contributed by atoms with Gasteiger partial charge in [0, 0.05) is 17.8 Å². The maximum absolute atomic E-state index is 4.05. The first kappa shape index (κ1) is 10.3. The summed E-state index contributed by atoms with van der Waals surface area (Å²) < 4.78 is 0. The summed E-state index contributed by atoms with van der Waals surface area (Å²) in [6.45, 7) is 4.27. The highest BCUT2D eigenvalue weighted by atomic mass is 15.1. The van der Waals surface area contributed by atoms with Crippen LogP contribution in [0.15, 0.2) is 6.20 Å². The second-order valence-corrected chi connectivity index (χ2v) is 5.49. The lowest BCUT2D eigenvalue weighted by molar-refractivity contribution is 0.378. The molecule has 3 rings (SSSR count). The Morgan fingerprint density at radius 2 is 2.06 bits per heavy atom. The third-order valence-electron chi connectivity index (χ3n) is 4.08. The van der Waals surface area contributed by atoms with Crippen molar-refractivity contribution < 1.29 is 0 Å². The van der Waals surface area contributed by atoms with Crippen LogP contribution in [-0.4, -0.2) is 16.7 Å². The lowest BCUT2D eigenvalue weighted by Gasteiger charge is -2.15. The average Bonchev–Trinajstić information content (AvgIpc) is 3.15. The van der Waals surface area contributed by atoms with Crippen LogP contribution in [0.1, 0.15) is 36.9 Å². The Labute approximate surface area is 97.0 Å². The predicted molar refractivity (Wildman–Crippen MR) is 64.0 cm³/mol. The first-order valence-electron chi connectivity index (χ1n) is 6.54. The molecule has 1 aromatic rings. The molecule has 0 aliphatic heterocycles. The van der Waals surface area contributed by atoms with E-state index in [9.17, 15) is 0 Å². The van der Waals surface area contributed by atoms with Gasteiger partial charge in [-0.3, -0.25) is 5.10 Å². The quantitative estimate of drug-likeness (QED) is 0.770. The topological polar surface area (TPSA) is 40.7 Å². The molecule has 2 saturated carbocycles. The van der Waals surface area contributed by atoms with Gasteiger partial charge < -0.3 is 5.32 Å². The zero-order valence-corrected chi connectivity index (χ0v) is 10.00. The molecule has 0 bridgehead atoms. The van der Waals surface area contributed by atoms with Crippen molar-refractivity contribution in [3.05, 3.63) is 17.5 Å². The maximum Gasteiger partial charge on any atom is 0.0535 e. The fraction of sp³-hybridized carbons (Fsp3) is 0.769. The van der Waals surface area contributed by atoms with Crippen molar-refractivity contribution in [3.8, 4) is 0 Å². The van der Waals surface area contributed by atoms with Gasteiger partial charge in [0.1, 0.15) is 0 Å². The summed E-state index contributed by atoms with van der Waals surface area (Å²) in [6, 6.07) is 0. The first-order valence-corrected chi connectivity index (χ1v) is 6.54. The lowest BCUT2D eigenvalue weighted by atomic mass is 9.98. The number of nitrogens with zero attached hydrogens (tertiary/aromatic N) is 1. The van der Waals surface area contributed by atoms with E-state index in [1.165, 1.54) is 43.5 Å². The summed E-state index contributed by atoms with van der Waals surface area (Å²) in [7, 11) is 0. The molecular formula is C13H21N3. The maximum atomic E-state index is 4.05. The van der Waals surface area contributed by atoms with Crippen molar-refractivity contribution >= 4 is 0 Å². The summed E-state index contributed by atoms with van der Waals surface area (Å²) >= 11 is 0. The fourth-order valence-electron chi connectivity index (χ4n) is 2.69. The first-order chi connectivity index (χ1) is 7.84. The van der Waals surface area contributed by atoms with Crippen molar-refractivity contribution in [2.24, 2.45) is 17.8 Å². The van der Waals surface area contributed by atoms with E-state index in [1.807, 2.05) is 6.20 Å². The number of H-pyrrole nitrogens is 1. The number of aromatic nitrogens is 2. The summed E-state index contributed by atoms with van der Waals surface area (Å²) in [5.41, 5.74) is 2.51. The second kappa shape index (κ2) is 4.21. The van der Waals surface area contributed by atoms with Crippen LogP contribution in [-0.2, 0) is 6.54 Å². The molecule has 2 aliphatic carbocycles. The normalized spacial score (nSPS) is 20.6. The molecule has 3 nitrogen and oxygen atoms in total. The molecule has 1 heterocycles. The van der Waals surface area contributed by atoms with Gasteiger partial charge >= 0.3 is 0 Å². The van der Waals surface area contributed by atoms with Gasteiger partial charge in [-0.05, 0) is 56.9 Å². The molecule has 0 spiro atoms. The zero-order valence-electron chi connectivity index (χ0n) is 10.00. The van der Waals surface area contributed by atoms with Crippen LogP contribution < -0.4 is 5.32 Å². The average molecular weight is 219 g/mol. The third-order valence-corrected chi connectivity index (χ3v) is 4.08. The Kier molecular flexibility index (Phi) is 2.72. The Bertz CT molecular complexity index is 338. The minimum Gasteiger partial charge on any atom is -0.312 e. The van der Waals surface area contributed by atoms with Gasteiger partial charge in [0.05, 0.1) is 6.20 Å². The minimum atomic E-state index is 0.965. The molecule has 0 amide bonds. The largest absolute Gasteiger partial charge is 0.312 e. The van der Waals surface area contributed by atoms with Crippen molar-refractivity contribution in [1.82, 2.24) is 15.5 Å². The lowest BCUT2D eigenvalue weighted by Crippen LogP contribution is -2.25. The predicted octanol–water partition coefficient (Wildman–Crippen LogP) is 2.24. The SMILES string of the molecule is Cc1[nH]ncc1CNCC(C1CC1)C1CC1. The van der Waals surface area contributed by atoms with Crippen molar-refractivity contribution in [3.63, 3.8) is 0 Å². The summed E-state index contributed by atoms with van der Waals surface area (Å²) in [6.07, 6.45) is 7.86. The molecule has 0 unspecified atom stereocenters. The van der Waals surface area contributed by atoms with Gasteiger partial charge in [-0.25, -0.2) is 0 Å². The third kappa shape index (κ3) is 2.29. The molecule has 0 atom stereocenters. The van der Waals surface area contributed by atoms with E-state index in [0.29, 0.717) is 0 Å². The highest BCUT2D eigenvalue weighted by Crippen LogP contribution is 2.48. The number of hydrogen-bond donors (Lipinski definition) is 2. The molecule has 2 fully saturated rings. The zero-order chi connectivity index (χ0) is 11.0. The fourth-order valence-corrected chi connectivity index (χ4v) is 2.69. The van der Waals surface area contributed by atoms with Gasteiger partial charge in [0.25, 0.3) is 0 Å². The van der Waals surface area contributed by atoms with Crippen LogP contribution >= 0.6 is 0 Å². The van der Waals surface area contributed by atoms with Crippen LogP contribution in [0, 0.1) is 24.7 Å². The molecule has 2 aliphatic rings. The van der Waals surface area contributed by atoms with Crippen LogP contribution in [0.5, 0.6) is 0 Å². The van der Waals surface area contributed by atoms with Gasteiger partial charge in [-0.1, -0.05) is 0 Å². The van der Waals surface area contributed by atoms with Crippen LogP contribution in [0.2, 0.25) is 0 Å². The van der Waals surface area contributed by atoms with Crippen molar-refractivity contribution in [2.75, 3.05) is 6.54 Å². The van der Waals surface area contributed by atoms with Crippen molar-refractivity contribution in [1.29, 1.82) is 0 Å². The van der Waals surface area contributed by atoms with E-state index in [1.54, 1.807) is 0 Å². The molecule has 88 valence electrons. The molecule has 2 N–H and O–H groups in total. The highest BCUT2D eigenvalue weighted by molar-refractivity contribution is 5.13. The van der Waals surface area contributed by atoms with Crippen molar-refractivity contribution in [2.45, 2.75) is 39.2 Å². The second-order valence-electron chi connectivity index (χ2n) is 5.49. The van der Waals surface area contributed by atoms with Gasteiger partial charge in [-0.2, -0.15) is 5.10 Å². The van der Waals surface area contributed by atoms with Gasteiger partial charge in [0.2, 0.25) is 0 Å². The van der Waals surface area contributed by atoms with Crippen LogP contribution in [0.4, 0.5) is 0 Å². The van der Waals surface area contributed by atoms with Crippen LogP contribution in [0.3, 0.4) is 0 Å². The van der Waals surface area contributed by atoms with Gasteiger partial charge in [0.15, 0.2) is 0 Å².